The largest absolute Gasteiger partial charge is 0.494 e. The van der Waals surface area contributed by atoms with E-state index in [9.17, 15) is 23.5 Å². The molecule has 0 unspecified atom stereocenters. The summed E-state index contributed by atoms with van der Waals surface area (Å²) in [6.45, 7) is 0.652. The number of halogens is 2. The molecule has 3 aromatic heterocycles. The van der Waals surface area contributed by atoms with Gasteiger partial charge < -0.3 is 29.0 Å². The maximum absolute atomic E-state index is 14.8. The number of fused-ring (bicyclic) bond motifs is 3. The van der Waals surface area contributed by atoms with Crippen molar-refractivity contribution in [3.8, 4) is 22.8 Å². The van der Waals surface area contributed by atoms with Crippen molar-refractivity contribution in [3.63, 3.8) is 0 Å². The van der Waals surface area contributed by atoms with Gasteiger partial charge in [-0.3, -0.25) is 9.88 Å². The van der Waals surface area contributed by atoms with Gasteiger partial charge in [0.15, 0.2) is 0 Å². The molecular formula is C39H40F2N4O7. The van der Waals surface area contributed by atoms with Gasteiger partial charge in [-0.1, -0.05) is 12.1 Å². The van der Waals surface area contributed by atoms with Gasteiger partial charge in [-0.15, -0.1) is 0 Å². The molecule has 1 saturated heterocycles. The molecule has 13 heteroatoms. The summed E-state index contributed by atoms with van der Waals surface area (Å²) >= 11 is 0. The summed E-state index contributed by atoms with van der Waals surface area (Å²) in [6.07, 6.45) is 8.24. The standard InChI is InChI=1S/C39H40F2N4O7/c1-44-34-9-13-42-22-33(34)30-6-3-24(17-35(30)44)25-4-8-36(43-21-25)52-29-18-28(19-29)51-26-10-14-45(15-11-26)23-39(40,41)12-2-16-50-27-5-7-31(37(46)47)32(20-27)38(48)49/h3-9,13,17,20-22,26,28-29H,2,10-12,14-16,18-19,23H2,1H3,(H,46,47)(H,48,49). The van der Waals surface area contributed by atoms with E-state index in [0.29, 0.717) is 31.8 Å². The average Bonchev–Trinajstić information content (AvgIpc) is 3.40. The van der Waals surface area contributed by atoms with E-state index in [1.807, 2.05) is 36.8 Å². The number of rotatable bonds is 14. The molecule has 52 heavy (non-hydrogen) atoms. The summed E-state index contributed by atoms with van der Waals surface area (Å²) in [4.78, 5) is 33.2. The SMILES string of the molecule is Cn1c2ccncc2c2ccc(-c3ccc(OC4CC(OC5CCN(CC(F)(F)CCCOc6ccc(C(=O)O)c(C(=O)O)c6)CC5)C4)nc3)cc21. The highest BCUT2D eigenvalue weighted by Crippen LogP contribution is 2.34. The number of nitrogens with zero attached hydrogens (tertiary/aromatic N) is 4. The minimum absolute atomic E-state index is 0.0233. The lowest BCUT2D eigenvalue weighted by Crippen LogP contribution is -2.46. The minimum atomic E-state index is -2.91. The molecule has 0 atom stereocenters. The second-order valence-electron chi connectivity index (χ2n) is 13.6. The van der Waals surface area contributed by atoms with E-state index in [1.54, 1.807) is 4.90 Å². The molecule has 1 saturated carbocycles. The highest BCUT2D eigenvalue weighted by molar-refractivity contribution is 6.08. The molecule has 1 aliphatic heterocycles. The normalized spacial score (nSPS) is 18.4. The number of piperidine rings is 1. The number of hydrogen-bond acceptors (Lipinski definition) is 8. The number of benzene rings is 2. The lowest BCUT2D eigenvalue weighted by atomic mass is 9.91. The molecule has 272 valence electrons. The lowest BCUT2D eigenvalue weighted by molar-refractivity contribution is -0.117. The van der Waals surface area contributed by atoms with Crippen LogP contribution in [0.15, 0.2) is 73.2 Å². The predicted octanol–water partition coefficient (Wildman–Crippen LogP) is 7.07. The van der Waals surface area contributed by atoms with Gasteiger partial charge in [0.05, 0.1) is 42.0 Å². The van der Waals surface area contributed by atoms with Gasteiger partial charge in [-0.2, -0.15) is 0 Å². The van der Waals surface area contributed by atoms with Crippen LogP contribution in [0, 0.1) is 0 Å². The molecule has 0 amide bonds. The monoisotopic (exact) mass is 714 g/mol. The van der Waals surface area contributed by atoms with Gasteiger partial charge >= 0.3 is 11.9 Å². The molecule has 2 N–H and O–H groups in total. The Morgan fingerprint density at radius 2 is 1.63 bits per heavy atom. The number of hydrogen-bond donors (Lipinski definition) is 2. The molecule has 5 aromatic rings. The third kappa shape index (κ3) is 7.85. The molecule has 2 aromatic carbocycles. The number of carboxylic acids is 2. The number of aromatic carboxylic acids is 2. The van der Waals surface area contributed by atoms with E-state index < -0.39 is 23.4 Å². The Morgan fingerprint density at radius 1 is 0.865 bits per heavy atom. The zero-order chi connectivity index (χ0) is 36.4. The number of ether oxygens (including phenoxy) is 3. The van der Waals surface area contributed by atoms with Crippen molar-refractivity contribution in [3.05, 3.63) is 84.3 Å². The van der Waals surface area contributed by atoms with Gasteiger partial charge in [0.25, 0.3) is 5.92 Å². The van der Waals surface area contributed by atoms with E-state index in [0.717, 1.165) is 57.9 Å². The molecule has 2 aliphatic rings. The van der Waals surface area contributed by atoms with Gasteiger partial charge in [-0.25, -0.2) is 23.4 Å². The summed E-state index contributed by atoms with van der Waals surface area (Å²) in [5.41, 5.74) is 3.57. The van der Waals surface area contributed by atoms with Crippen LogP contribution in [0.4, 0.5) is 8.78 Å². The molecule has 0 radical (unpaired) electrons. The van der Waals surface area contributed by atoms with Crippen LogP contribution in [0.1, 0.15) is 59.2 Å². The van der Waals surface area contributed by atoms with Crippen molar-refractivity contribution in [2.24, 2.45) is 7.05 Å². The van der Waals surface area contributed by atoms with Gasteiger partial charge in [0.2, 0.25) is 5.88 Å². The van der Waals surface area contributed by atoms with Crippen LogP contribution in [0.5, 0.6) is 11.6 Å². The van der Waals surface area contributed by atoms with E-state index in [-0.39, 0.29) is 55.6 Å². The first-order chi connectivity index (χ1) is 25.0. The van der Waals surface area contributed by atoms with Crippen molar-refractivity contribution in [1.82, 2.24) is 19.4 Å². The number of likely N-dealkylation sites (tertiary alicyclic amines) is 1. The molecule has 0 spiro atoms. The van der Waals surface area contributed by atoms with E-state index in [1.165, 1.54) is 6.07 Å². The summed E-state index contributed by atoms with van der Waals surface area (Å²) in [5.74, 6) is -5.00. The number of aromatic nitrogens is 3. The van der Waals surface area contributed by atoms with Crippen molar-refractivity contribution in [1.29, 1.82) is 0 Å². The van der Waals surface area contributed by atoms with Crippen LogP contribution in [0.25, 0.3) is 32.9 Å². The Labute approximate surface area is 298 Å². The maximum atomic E-state index is 14.8. The first kappa shape index (κ1) is 35.3. The second-order valence-corrected chi connectivity index (χ2v) is 13.6. The van der Waals surface area contributed by atoms with Crippen molar-refractivity contribution in [2.75, 3.05) is 26.2 Å². The van der Waals surface area contributed by atoms with E-state index >= 15 is 0 Å². The first-order valence-corrected chi connectivity index (χ1v) is 17.5. The van der Waals surface area contributed by atoms with Crippen LogP contribution in [-0.2, 0) is 11.8 Å². The second kappa shape index (κ2) is 14.8. The maximum Gasteiger partial charge on any atom is 0.336 e. The number of alkyl halides is 2. The number of aryl methyl sites for hydroxylation is 1. The van der Waals surface area contributed by atoms with Crippen LogP contribution in [0.3, 0.4) is 0 Å². The number of carboxylic acid groups (broad SMARTS) is 2. The Bertz CT molecular complexity index is 2070. The molecule has 7 rings (SSSR count). The summed E-state index contributed by atoms with van der Waals surface area (Å²) in [7, 11) is 2.06. The first-order valence-electron chi connectivity index (χ1n) is 17.5. The van der Waals surface area contributed by atoms with Crippen molar-refractivity contribution >= 4 is 33.7 Å². The number of carbonyl (C=O) groups is 2. The molecular weight excluding hydrogens is 674 g/mol. The predicted molar refractivity (Wildman–Crippen MR) is 189 cm³/mol. The lowest BCUT2D eigenvalue weighted by Gasteiger charge is -2.40. The quantitative estimate of drug-likeness (QED) is 0.115. The van der Waals surface area contributed by atoms with Crippen LogP contribution < -0.4 is 9.47 Å². The Morgan fingerprint density at radius 3 is 2.37 bits per heavy atom. The fourth-order valence-corrected chi connectivity index (χ4v) is 7.13. The van der Waals surface area contributed by atoms with Gasteiger partial charge in [-0.05, 0) is 61.2 Å². The summed E-state index contributed by atoms with van der Waals surface area (Å²) < 4.78 is 49.5. The molecule has 2 fully saturated rings. The van der Waals surface area contributed by atoms with Gasteiger partial charge in [0.1, 0.15) is 11.9 Å². The molecule has 1 aliphatic carbocycles. The zero-order valence-corrected chi connectivity index (χ0v) is 28.7. The minimum Gasteiger partial charge on any atom is -0.494 e. The smallest absolute Gasteiger partial charge is 0.336 e. The highest BCUT2D eigenvalue weighted by Gasteiger charge is 2.37. The Hall–Kier alpha value is -5.14. The fourth-order valence-electron chi connectivity index (χ4n) is 7.13. The molecule has 0 bridgehead atoms. The number of pyridine rings is 2. The summed E-state index contributed by atoms with van der Waals surface area (Å²) in [5, 5.41) is 20.7. The Kier molecular flexibility index (Phi) is 10.1. The third-order valence-corrected chi connectivity index (χ3v) is 10.00. The van der Waals surface area contributed by atoms with E-state index in [4.69, 9.17) is 19.3 Å². The van der Waals surface area contributed by atoms with Crippen LogP contribution in [-0.4, -0.2) is 92.1 Å². The topological polar surface area (TPSA) is 136 Å². The van der Waals surface area contributed by atoms with Crippen LogP contribution >= 0.6 is 0 Å². The average molecular weight is 715 g/mol. The molecule has 11 nitrogen and oxygen atoms in total. The molecule has 4 heterocycles. The fraction of sp³-hybridized carbons (Fsp3) is 0.385. The van der Waals surface area contributed by atoms with Gasteiger partial charge in [0, 0.05) is 85.9 Å². The van der Waals surface area contributed by atoms with Crippen LogP contribution in [0.2, 0.25) is 0 Å². The summed E-state index contributed by atoms with van der Waals surface area (Å²) in [6, 6.07) is 15.9. The Balaban J connectivity index is 0.801. The van der Waals surface area contributed by atoms with E-state index in [2.05, 4.69) is 39.8 Å². The highest BCUT2D eigenvalue weighted by atomic mass is 19.3. The van der Waals surface area contributed by atoms with Crippen molar-refractivity contribution < 1.29 is 42.8 Å². The third-order valence-electron chi connectivity index (χ3n) is 10.00. The van der Waals surface area contributed by atoms with Crippen molar-refractivity contribution in [2.45, 2.75) is 62.8 Å². The zero-order valence-electron chi connectivity index (χ0n) is 28.7.